The number of amides is 1. The Morgan fingerprint density at radius 3 is 2.34 bits per heavy atom. The summed E-state index contributed by atoms with van der Waals surface area (Å²) in [4.78, 5) is 27.8. The van der Waals surface area contributed by atoms with Gasteiger partial charge in [0.05, 0.1) is 24.3 Å². The molecule has 6 heteroatoms. The van der Waals surface area contributed by atoms with Crippen LogP contribution in [0.25, 0.3) is 5.76 Å². The molecule has 6 nitrogen and oxygen atoms in total. The number of benzene rings is 2. The van der Waals surface area contributed by atoms with Crippen LogP contribution in [0.2, 0.25) is 0 Å². The van der Waals surface area contributed by atoms with Crippen molar-refractivity contribution in [1.82, 2.24) is 4.90 Å². The lowest BCUT2D eigenvalue weighted by Gasteiger charge is -2.25. The first-order valence-electron chi connectivity index (χ1n) is 12.5. The largest absolute Gasteiger partial charge is 0.507 e. The molecule has 3 rings (SSSR count). The summed E-state index contributed by atoms with van der Waals surface area (Å²) in [7, 11) is 0. The minimum atomic E-state index is -0.667. The molecule has 0 aromatic heterocycles. The standard InChI is InChI=1S/C29H37NO5/c1-6-7-8-16-30-26(21-12-14-23(15-13-21)35-20(4)5)25(28(32)29(30)33)27(31)22-10-9-11-24(17-22)34-18-19(2)3/h9-15,17,19-20,26,31H,6-8,16,18H2,1-5H3/b27-25-. The van der Waals surface area contributed by atoms with E-state index >= 15 is 0 Å². The van der Waals surface area contributed by atoms with Crippen molar-refractivity contribution in [3.05, 3.63) is 65.2 Å². The van der Waals surface area contributed by atoms with Crippen LogP contribution in [0, 0.1) is 5.92 Å². The molecule has 188 valence electrons. The molecule has 0 spiro atoms. The van der Waals surface area contributed by atoms with E-state index in [4.69, 9.17) is 9.47 Å². The van der Waals surface area contributed by atoms with E-state index in [-0.39, 0.29) is 17.4 Å². The van der Waals surface area contributed by atoms with Crippen LogP contribution in [0.5, 0.6) is 11.5 Å². The number of ether oxygens (including phenoxy) is 2. The van der Waals surface area contributed by atoms with Gasteiger partial charge in [0.15, 0.2) is 0 Å². The highest BCUT2D eigenvalue weighted by Crippen LogP contribution is 2.40. The zero-order chi connectivity index (χ0) is 25.5. The highest BCUT2D eigenvalue weighted by Gasteiger charge is 2.45. The first-order chi connectivity index (χ1) is 16.7. The number of aliphatic hydroxyl groups excluding tert-OH is 1. The fourth-order valence-corrected chi connectivity index (χ4v) is 4.14. The molecule has 1 atom stereocenters. The quantitative estimate of drug-likeness (QED) is 0.182. The van der Waals surface area contributed by atoms with Crippen molar-refractivity contribution in [2.45, 2.75) is 66.0 Å². The second-order valence-corrected chi connectivity index (χ2v) is 9.67. The Bertz CT molecular complexity index is 1050. The summed E-state index contributed by atoms with van der Waals surface area (Å²) in [6.45, 7) is 11.1. The molecule has 0 radical (unpaired) electrons. The van der Waals surface area contributed by atoms with Crippen LogP contribution >= 0.6 is 0 Å². The third-order valence-electron chi connectivity index (χ3n) is 5.80. The molecular formula is C29H37NO5. The SMILES string of the molecule is CCCCCN1C(=O)C(=O)/C(=C(\O)c2cccc(OCC(C)C)c2)C1c1ccc(OC(C)C)cc1. The molecule has 1 saturated heterocycles. The molecule has 1 amide bonds. The lowest BCUT2D eigenvalue weighted by Crippen LogP contribution is -2.30. The first-order valence-corrected chi connectivity index (χ1v) is 12.5. The Balaban J connectivity index is 2.04. The maximum absolute atomic E-state index is 13.2. The summed E-state index contributed by atoms with van der Waals surface area (Å²) in [5.41, 5.74) is 1.30. The van der Waals surface area contributed by atoms with Crippen molar-refractivity contribution >= 4 is 17.4 Å². The van der Waals surface area contributed by atoms with Crippen molar-refractivity contribution in [3.8, 4) is 11.5 Å². The minimum absolute atomic E-state index is 0.0331. The number of likely N-dealkylation sites (tertiary alicyclic amines) is 1. The number of nitrogens with zero attached hydrogens (tertiary/aromatic N) is 1. The van der Waals surface area contributed by atoms with Gasteiger partial charge in [0.2, 0.25) is 0 Å². The number of aliphatic hydroxyl groups is 1. The third-order valence-corrected chi connectivity index (χ3v) is 5.80. The van der Waals surface area contributed by atoms with Gasteiger partial charge in [-0.15, -0.1) is 0 Å². The van der Waals surface area contributed by atoms with E-state index in [1.165, 1.54) is 0 Å². The van der Waals surface area contributed by atoms with E-state index in [0.29, 0.717) is 36.1 Å². The maximum Gasteiger partial charge on any atom is 0.295 e. The zero-order valence-corrected chi connectivity index (χ0v) is 21.4. The van der Waals surface area contributed by atoms with E-state index in [1.54, 1.807) is 23.1 Å². The fourth-order valence-electron chi connectivity index (χ4n) is 4.14. The third kappa shape index (κ3) is 6.44. The molecule has 1 aliphatic rings. The lowest BCUT2D eigenvalue weighted by molar-refractivity contribution is -0.139. The van der Waals surface area contributed by atoms with Crippen molar-refractivity contribution < 1.29 is 24.2 Å². The predicted molar refractivity (Wildman–Crippen MR) is 138 cm³/mol. The van der Waals surface area contributed by atoms with Gasteiger partial charge in [-0.1, -0.05) is 57.9 Å². The van der Waals surface area contributed by atoms with Gasteiger partial charge < -0.3 is 19.5 Å². The number of Topliss-reactive ketones (excluding diaryl/α,β-unsaturated/α-hetero) is 1. The van der Waals surface area contributed by atoms with Crippen LogP contribution in [0.15, 0.2) is 54.1 Å². The summed E-state index contributed by atoms with van der Waals surface area (Å²) in [5.74, 6) is 0.225. The smallest absolute Gasteiger partial charge is 0.295 e. The molecule has 0 saturated carbocycles. The Labute approximate surface area is 208 Å². The van der Waals surface area contributed by atoms with Crippen LogP contribution in [-0.2, 0) is 9.59 Å². The molecular weight excluding hydrogens is 442 g/mol. The van der Waals surface area contributed by atoms with Crippen molar-refractivity contribution in [2.75, 3.05) is 13.2 Å². The number of carbonyl (C=O) groups excluding carboxylic acids is 2. The number of rotatable bonds is 11. The van der Waals surface area contributed by atoms with Gasteiger partial charge in [0.25, 0.3) is 11.7 Å². The molecule has 2 aromatic rings. The van der Waals surface area contributed by atoms with E-state index < -0.39 is 17.7 Å². The number of ketones is 1. The average Bonchev–Trinajstić information content (AvgIpc) is 3.08. The van der Waals surface area contributed by atoms with Crippen LogP contribution in [-0.4, -0.2) is 41.0 Å². The molecule has 1 aliphatic heterocycles. The van der Waals surface area contributed by atoms with Gasteiger partial charge in [-0.25, -0.2) is 0 Å². The van der Waals surface area contributed by atoms with Crippen LogP contribution in [0.3, 0.4) is 0 Å². The summed E-state index contributed by atoms with van der Waals surface area (Å²) >= 11 is 0. The normalized spacial score (nSPS) is 17.5. The maximum atomic E-state index is 13.2. The van der Waals surface area contributed by atoms with Gasteiger partial charge in [-0.05, 0) is 56.0 Å². The van der Waals surface area contributed by atoms with E-state index in [2.05, 4.69) is 20.8 Å². The van der Waals surface area contributed by atoms with Crippen LogP contribution < -0.4 is 9.47 Å². The summed E-state index contributed by atoms with van der Waals surface area (Å²) in [5, 5.41) is 11.3. The van der Waals surface area contributed by atoms with E-state index in [9.17, 15) is 14.7 Å². The van der Waals surface area contributed by atoms with Gasteiger partial charge in [-0.2, -0.15) is 0 Å². The number of hydrogen-bond acceptors (Lipinski definition) is 5. The molecule has 0 aliphatic carbocycles. The topological polar surface area (TPSA) is 76.1 Å². The second kappa shape index (κ2) is 11.9. The molecule has 0 bridgehead atoms. The Hall–Kier alpha value is -3.28. The van der Waals surface area contributed by atoms with E-state index in [1.807, 2.05) is 44.2 Å². The van der Waals surface area contributed by atoms with Crippen molar-refractivity contribution in [3.63, 3.8) is 0 Å². The Kier molecular flexibility index (Phi) is 8.96. The molecule has 35 heavy (non-hydrogen) atoms. The molecule has 1 fully saturated rings. The van der Waals surface area contributed by atoms with Gasteiger partial charge in [0.1, 0.15) is 17.3 Å². The number of carbonyl (C=O) groups is 2. The minimum Gasteiger partial charge on any atom is -0.507 e. The van der Waals surface area contributed by atoms with Crippen LogP contribution in [0.4, 0.5) is 0 Å². The summed E-state index contributed by atoms with van der Waals surface area (Å²) in [6, 6.07) is 13.7. The highest BCUT2D eigenvalue weighted by molar-refractivity contribution is 6.46. The zero-order valence-electron chi connectivity index (χ0n) is 21.4. The highest BCUT2D eigenvalue weighted by atomic mass is 16.5. The predicted octanol–water partition coefficient (Wildman–Crippen LogP) is 6.12. The Morgan fingerprint density at radius 2 is 1.71 bits per heavy atom. The molecule has 2 aromatic carbocycles. The summed E-state index contributed by atoms with van der Waals surface area (Å²) in [6.07, 6.45) is 2.77. The molecule has 1 heterocycles. The van der Waals surface area contributed by atoms with Gasteiger partial charge in [-0.3, -0.25) is 9.59 Å². The first kappa shape index (κ1) is 26.3. The van der Waals surface area contributed by atoms with Crippen LogP contribution in [0.1, 0.15) is 71.0 Å². The number of unbranched alkanes of at least 4 members (excludes halogenated alkanes) is 2. The molecule has 1 unspecified atom stereocenters. The average molecular weight is 480 g/mol. The summed E-state index contributed by atoms with van der Waals surface area (Å²) < 4.78 is 11.6. The lowest BCUT2D eigenvalue weighted by atomic mass is 9.95. The van der Waals surface area contributed by atoms with Crippen molar-refractivity contribution in [1.29, 1.82) is 0 Å². The monoisotopic (exact) mass is 479 g/mol. The Morgan fingerprint density at radius 1 is 1.00 bits per heavy atom. The fraction of sp³-hybridized carbons (Fsp3) is 0.448. The van der Waals surface area contributed by atoms with Crippen molar-refractivity contribution in [2.24, 2.45) is 5.92 Å². The van der Waals surface area contributed by atoms with Gasteiger partial charge in [0, 0.05) is 12.1 Å². The molecule has 1 N–H and O–H groups in total. The van der Waals surface area contributed by atoms with Gasteiger partial charge >= 0.3 is 0 Å². The second-order valence-electron chi connectivity index (χ2n) is 9.67. The van der Waals surface area contributed by atoms with E-state index in [0.717, 1.165) is 24.8 Å². The number of hydrogen-bond donors (Lipinski definition) is 1.